The number of aliphatic hydroxyl groups is 1. The van der Waals surface area contributed by atoms with E-state index in [4.69, 9.17) is 5.14 Å². The normalized spacial score (nSPS) is 13.5. The molecule has 0 saturated heterocycles. The Morgan fingerprint density at radius 3 is 2.22 bits per heavy atom. The molecule has 0 aliphatic heterocycles. The van der Waals surface area contributed by atoms with Crippen molar-refractivity contribution in [3.05, 3.63) is 41.3 Å². The molecular weight excluding hydrogens is 270 g/mol. The van der Waals surface area contributed by atoms with Gasteiger partial charge in [0.15, 0.2) is 0 Å². The molecule has 0 bridgehead atoms. The van der Waals surface area contributed by atoms with Crippen LogP contribution in [0.1, 0.15) is 17.9 Å². The molecule has 2 aromatic rings. The number of hydrogen-bond donors (Lipinski definition) is 2. The van der Waals surface area contributed by atoms with Crippen molar-refractivity contribution in [1.82, 2.24) is 0 Å². The fourth-order valence-electron chi connectivity index (χ4n) is 1.54. The van der Waals surface area contributed by atoms with E-state index in [9.17, 15) is 13.5 Å². The van der Waals surface area contributed by atoms with Crippen molar-refractivity contribution < 1.29 is 13.5 Å². The Morgan fingerprint density at radius 2 is 1.78 bits per heavy atom. The van der Waals surface area contributed by atoms with E-state index < -0.39 is 16.1 Å². The Hall–Kier alpha value is -1.21. The highest BCUT2D eigenvalue weighted by atomic mass is 32.2. The van der Waals surface area contributed by atoms with Gasteiger partial charge in [0, 0.05) is 9.75 Å². The monoisotopic (exact) mass is 283 g/mol. The molecule has 6 heteroatoms. The summed E-state index contributed by atoms with van der Waals surface area (Å²) < 4.78 is 22.2. The van der Waals surface area contributed by atoms with Gasteiger partial charge in [0.1, 0.15) is 0 Å². The van der Waals surface area contributed by atoms with Crippen molar-refractivity contribution in [2.45, 2.75) is 17.9 Å². The van der Waals surface area contributed by atoms with E-state index >= 15 is 0 Å². The molecule has 0 saturated carbocycles. The van der Waals surface area contributed by atoms with Gasteiger partial charge in [0.05, 0.1) is 11.0 Å². The molecule has 3 N–H and O–H groups in total. The quantitative estimate of drug-likeness (QED) is 0.905. The van der Waals surface area contributed by atoms with E-state index in [2.05, 4.69) is 0 Å². The summed E-state index contributed by atoms with van der Waals surface area (Å²) in [7, 11) is -3.65. The van der Waals surface area contributed by atoms with Crippen LogP contribution in [0.3, 0.4) is 0 Å². The fourth-order valence-corrected chi connectivity index (χ4v) is 3.01. The van der Waals surface area contributed by atoms with Gasteiger partial charge in [-0.1, -0.05) is 12.1 Å². The van der Waals surface area contributed by atoms with Crippen molar-refractivity contribution in [2.24, 2.45) is 5.14 Å². The van der Waals surface area contributed by atoms with Crippen LogP contribution in [0.15, 0.2) is 41.3 Å². The maximum absolute atomic E-state index is 11.1. The number of hydrogen-bond acceptors (Lipinski definition) is 4. The number of sulfonamides is 1. The smallest absolute Gasteiger partial charge is 0.238 e. The minimum Gasteiger partial charge on any atom is -0.388 e. The van der Waals surface area contributed by atoms with E-state index in [1.54, 1.807) is 19.1 Å². The Labute approximate surface area is 110 Å². The number of thiophene rings is 1. The Bertz CT molecular complexity index is 642. The summed E-state index contributed by atoms with van der Waals surface area (Å²) in [4.78, 5) is 1.95. The van der Waals surface area contributed by atoms with Crippen LogP contribution in [0, 0.1) is 0 Å². The zero-order valence-electron chi connectivity index (χ0n) is 9.70. The fraction of sp³-hybridized carbons (Fsp3) is 0.167. The summed E-state index contributed by atoms with van der Waals surface area (Å²) in [6, 6.07) is 10.1. The topological polar surface area (TPSA) is 80.4 Å². The van der Waals surface area contributed by atoms with Gasteiger partial charge >= 0.3 is 0 Å². The molecule has 96 valence electrons. The summed E-state index contributed by atoms with van der Waals surface area (Å²) >= 11 is 1.48. The van der Waals surface area contributed by atoms with Crippen molar-refractivity contribution in [1.29, 1.82) is 0 Å². The van der Waals surface area contributed by atoms with E-state index in [0.717, 1.165) is 15.3 Å². The van der Waals surface area contributed by atoms with Gasteiger partial charge in [0.2, 0.25) is 10.0 Å². The molecule has 1 atom stereocenters. The van der Waals surface area contributed by atoms with Gasteiger partial charge in [-0.3, -0.25) is 0 Å². The van der Waals surface area contributed by atoms with E-state index in [1.165, 1.54) is 23.5 Å². The Morgan fingerprint density at radius 1 is 1.17 bits per heavy atom. The first-order valence-corrected chi connectivity index (χ1v) is 7.65. The van der Waals surface area contributed by atoms with Crippen molar-refractivity contribution in [3.8, 4) is 10.4 Å². The Balaban J connectivity index is 2.34. The third-order valence-corrected chi connectivity index (χ3v) is 4.74. The van der Waals surface area contributed by atoms with Gasteiger partial charge in [-0.25, -0.2) is 13.6 Å². The first-order valence-electron chi connectivity index (χ1n) is 5.29. The molecular formula is C12H13NO3S2. The number of benzene rings is 1. The van der Waals surface area contributed by atoms with Gasteiger partial charge in [0.25, 0.3) is 0 Å². The average molecular weight is 283 g/mol. The minimum atomic E-state index is -3.65. The van der Waals surface area contributed by atoms with E-state index in [0.29, 0.717) is 0 Å². The van der Waals surface area contributed by atoms with Crippen LogP contribution < -0.4 is 5.14 Å². The lowest BCUT2D eigenvalue weighted by molar-refractivity contribution is 0.203. The molecule has 2 rings (SSSR count). The molecule has 0 amide bonds. The van der Waals surface area contributed by atoms with Crippen LogP contribution in [-0.4, -0.2) is 13.5 Å². The largest absolute Gasteiger partial charge is 0.388 e. The van der Waals surface area contributed by atoms with Crippen molar-refractivity contribution in [2.75, 3.05) is 0 Å². The lowest BCUT2D eigenvalue weighted by Crippen LogP contribution is -2.11. The summed E-state index contributed by atoms with van der Waals surface area (Å²) in [5, 5.41) is 14.5. The maximum atomic E-state index is 11.1. The highest BCUT2D eigenvalue weighted by Crippen LogP contribution is 2.31. The second-order valence-corrected chi connectivity index (χ2v) is 6.62. The predicted octanol–water partition coefficient (Wildman–Crippen LogP) is 2.12. The number of aliphatic hydroxyl groups excluding tert-OH is 1. The van der Waals surface area contributed by atoms with Gasteiger partial charge in [-0.2, -0.15) is 0 Å². The average Bonchev–Trinajstić information content (AvgIpc) is 2.77. The van der Waals surface area contributed by atoms with Crippen LogP contribution in [0.4, 0.5) is 0 Å². The van der Waals surface area contributed by atoms with E-state index in [1.807, 2.05) is 12.1 Å². The molecule has 0 aliphatic rings. The number of rotatable bonds is 3. The Kier molecular flexibility index (Phi) is 3.54. The van der Waals surface area contributed by atoms with Crippen LogP contribution in [0.2, 0.25) is 0 Å². The van der Waals surface area contributed by atoms with Crippen LogP contribution >= 0.6 is 11.3 Å². The summed E-state index contributed by atoms with van der Waals surface area (Å²) in [6.45, 7) is 1.71. The molecule has 0 spiro atoms. The summed E-state index contributed by atoms with van der Waals surface area (Å²) in [5.41, 5.74) is 0.902. The van der Waals surface area contributed by atoms with Gasteiger partial charge in [-0.15, -0.1) is 11.3 Å². The third kappa shape index (κ3) is 2.78. The van der Waals surface area contributed by atoms with E-state index in [-0.39, 0.29) is 4.90 Å². The maximum Gasteiger partial charge on any atom is 0.238 e. The van der Waals surface area contributed by atoms with Crippen LogP contribution in [-0.2, 0) is 10.0 Å². The van der Waals surface area contributed by atoms with Gasteiger partial charge < -0.3 is 5.11 Å². The second kappa shape index (κ2) is 4.81. The van der Waals surface area contributed by atoms with Crippen LogP contribution in [0.25, 0.3) is 10.4 Å². The molecule has 0 fully saturated rings. The summed E-state index contributed by atoms with van der Waals surface area (Å²) in [6.07, 6.45) is -0.493. The number of primary sulfonamides is 1. The lowest BCUT2D eigenvalue weighted by Gasteiger charge is -2.01. The molecule has 1 heterocycles. The number of nitrogens with two attached hydrogens (primary N) is 1. The predicted molar refractivity (Wildman–Crippen MR) is 71.8 cm³/mol. The van der Waals surface area contributed by atoms with Crippen molar-refractivity contribution >= 4 is 21.4 Å². The lowest BCUT2D eigenvalue weighted by atomic mass is 10.2. The second-order valence-electron chi connectivity index (χ2n) is 3.95. The molecule has 1 unspecified atom stereocenters. The molecule has 1 aromatic carbocycles. The highest BCUT2D eigenvalue weighted by molar-refractivity contribution is 7.89. The molecule has 18 heavy (non-hydrogen) atoms. The molecule has 1 aromatic heterocycles. The molecule has 0 radical (unpaired) electrons. The van der Waals surface area contributed by atoms with Crippen molar-refractivity contribution in [3.63, 3.8) is 0 Å². The zero-order valence-corrected chi connectivity index (χ0v) is 11.3. The zero-order chi connectivity index (χ0) is 13.3. The first-order chi connectivity index (χ1) is 8.38. The molecule has 4 nitrogen and oxygen atoms in total. The standard InChI is InChI=1S/C12H13NO3S2/c1-8(14)11-6-7-12(17-11)9-2-4-10(5-3-9)18(13,15)16/h2-8,14H,1H3,(H2,13,15,16). The minimum absolute atomic E-state index is 0.0959. The summed E-state index contributed by atoms with van der Waals surface area (Å²) in [5.74, 6) is 0. The third-order valence-electron chi connectivity index (χ3n) is 2.51. The molecule has 0 aliphatic carbocycles. The first kappa shape index (κ1) is 13.2. The highest BCUT2D eigenvalue weighted by Gasteiger charge is 2.09. The van der Waals surface area contributed by atoms with Crippen LogP contribution in [0.5, 0.6) is 0 Å². The SMILES string of the molecule is CC(O)c1ccc(-c2ccc(S(N)(=O)=O)cc2)s1. The van der Waals surface area contributed by atoms with Gasteiger partial charge in [-0.05, 0) is 36.8 Å².